The predicted molar refractivity (Wildman–Crippen MR) is 63.0 cm³/mol. The van der Waals surface area contributed by atoms with Crippen molar-refractivity contribution >= 4 is 23.3 Å². The van der Waals surface area contributed by atoms with E-state index in [4.69, 9.17) is 9.84 Å². The highest BCUT2D eigenvalue weighted by atomic mass is 32.1. The van der Waals surface area contributed by atoms with Crippen LogP contribution < -0.4 is 10.6 Å². The van der Waals surface area contributed by atoms with Crippen LogP contribution in [0.2, 0.25) is 0 Å². The number of carbonyl (C=O) groups is 2. The summed E-state index contributed by atoms with van der Waals surface area (Å²) < 4.78 is 4.69. The van der Waals surface area contributed by atoms with Crippen molar-refractivity contribution < 1.29 is 19.4 Å². The quantitative estimate of drug-likeness (QED) is 0.699. The smallest absolute Gasteiger partial charge is 0.328 e. The molecule has 7 heteroatoms. The van der Waals surface area contributed by atoms with Gasteiger partial charge in [0.25, 0.3) is 0 Å². The summed E-state index contributed by atoms with van der Waals surface area (Å²) in [6.07, 6.45) is 0. The van der Waals surface area contributed by atoms with E-state index in [0.717, 1.165) is 5.56 Å². The molecule has 0 saturated heterocycles. The predicted octanol–water partition coefficient (Wildman–Crippen LogP) is 0.647. The molecule has 1 aromatic rings. The van der Waals surface area contributed by atoms with E-state index >= 15 is 0 Å². The molecule has 1 rings (SSSR count). The number of carboxylic acid groups (broad SMARTS) is 1. The molecule has 0 saturated carbocycles. The Labute approximate surface area is 103 Å². The highest BCUT2D eigenvalue weighted by Gasteiger charge is 2.19. The molecule has 0 spiro atoms. The maximum absolute atomic E-state index is 11.4. The van der Waals surface area contributed by atoms with Crippen LogP contribution in [0.25, 0.3) is 0 Å². The number of ether oxygens (including phenoxy) is 1. The molecule has 0 bridgehead atoms. The maximum atomic E-state index is 11.4. The van der Waals surface area contributed by atoms with Crippen LogP contribution in [-0.4, -0.2) is 36.9 Å². The normalized spacial score (nSPS) is 11.8. The van der Waals surface area contributed by atoms with Gasteiger partial charge in [0.15, 0.2) is 6.04 Å². The van der Waals surface area contributed by atoms with Crippen molar-refractivity contribution in [3.8, 4) is 0 Å². The summed E-state index contributed by atoms with van der Waals surface area (Å²) in [6, 6.07) is 0.317. The van der Waals surface area contributed by atoms with Gasteiger partial charge in [0, 0.05) is 13.7 Å². The molecule has 6 nitrogen and oxygen atoms in total. The van der Waals surface area contributed by atoms with Gasteiger partial charge in [-0.15, -0.1) is 0 Å². The Kier molecular flexibility index (Phi) is 5.44. The lowest BCUT2D eigenvalue weighted by Gasteiger charge is -2.13. The van der Waals surface area contributed by atoms with E-state index < -0.39 is 18.0 Å². The second-order valence-electron chi connectivity index (χ2n) is 3.30. The van der Waals surface area contributed by atoms with Crippen molar-refractivity contribution in [3.05, 3.63) is 22.4 Å². The molecule has 1 atom stereocenters. The summed E-state index contributed by atoms with van der Waals surface area (Å²) in [6.45, 7) is 0.301. The molecule has 0 aliphatic heterocycles. The van der Waals surface area contributed by atoms with E-state index in [1.807, 2.05) is 16.8 Å². The number of amides is 2. The SMILES string of the molecule is COCC(NC(=O)NCc1ccsc1)C(=O)O. The number of methoxy groups -OCH3 is 1. The third-order valence-corrected chi connectivity index (χ3v) is 2.70. The minimum Gasteiger partial charge on any atom is -0.480 e. The van der Waals surface area contributed by atoms with Crippen molar-refractivity contribution in [1.29, 1.82) is 0 Å². The van der Waals surface area contributed by atoms with Crippen LogP contribution in [0, 0.1) is 0 Å². The van der Waals surface area contributed by atoms with Crippen LogP contribution in [0.4, 0.5) is 4.79 Å². The van der Waals surface area contributed by atoms with Crippen molar-refractivity contribution in [1.82, 2.24) is 10.6 Å². The fourth-order valence-electron chi connectivity index (χ4n) is 1.13. The zero-order valence-electron chi connectivity index (χ0n) is 9.30. The summed E-state index contributed by atoms with van der Waals surface area (Å²) in [7, 11) is 1.38. The summed E-state index contributed by atoms with van der Waals surface area (Å²) in [5, 5.41) is 17.5. The van der Waals surface area contributed by atoms with Crippen molar-refractivity contribution in [2.24, 2.45) is 0 Å². The molecule has 1 aromatic heterocycles. The number of urea groups is 1. The highest BCUT2D eigenvalue weighted by molar-refractivity contribution is 7.07. The number of carboxylic acids is 1. The summed E-state index contributed by atoms with van der Waals surface area (Å²) in [5.74, 6) is -1.13. The van der Waals surface area contributed by atoms with Gasteiger partial charge in [0.2, 0.25) is 0 Å². The average Bonchev–Trinajstić information content (AvgIpc) is 2.78. The molecule has 0 aliphatic rings. The third kappa shape index (κ3) is 4.83. The lowest BCUT2D eigenvalue weighted by Crippen LogP contribution is -2.48. The van der Waals surface area contributed by atoms with Gasteiger partial charge in [-0.3, -0.25) is 0 Å². The zero-order valence-corrected chi connectivity index (χ0v) is 10.1. The van der Waals surface area contributed by atoms with E-state index in [-0.39, 0.29) is 6.61 Å². The van der Waals surface area contributed by atoms with Gasteiger partial charge >= 0.3 is 12.0 Å². The first-order chi connectivity index (χ1) is 8.13. The molecule has 0 radical (unpaired) electrons. The topological polar surface area (TPSA) is 87.7 Å². The molecular weight excluding hydrogens is 244 g/mol. The molecule has 1 unspecified atom stereocenters. The second kappa shape index (κ2) is 6.87. The monoisotopic (exact) mass is 258 g/mol. The van der Waals surface area contributed by atoms with E-state index in [0.29, 0.717) is 6.54 Å². The first-order valence-electron chi connectivity index (χ1n) is 4.90. The summed E-state index contributed by atoms with van der Waals surface area (Å²) in [5.41, 5.74) is 0.976. The van der Waals surface area contributed by atoms with Gasteiger partial charge in [-0.05, 0) is 22.4 Å². The van der Waals surface area contributed by atoms with Crippen LogP contribution in [0.3, 0.4) is 0 Å². The Morgan fingerprint density at radius 3 is 2.88 bits per heavy atom. The molecule has 17 heavy (non-hydrogen) atoms. The lowest BCUT2D eigenvalue weighted by molar-refractivity contribution is -0.140. The number of carbonyl (C=O) groups excluding carboxylic acids is 1. The van der Waals surface area contributed by atoms with Crippen molar-refractivity contribution in [2.75, 3.05) is 13.7 Å². The Morgan fingerprint density at radius 2 is 2.35 bits per heavy atom. The fourth-order valence-corrected chi connectivity index (χ4v) is 1.79. The van der Waals surface area contributed by atoms with E-state index in [9.17, 15) is 9.59 Å². The maximum Gasteiger partial charge on any atom is 0.328 e. The van der Waals surface area contributed by atoms with Crippen LogP contribution in [0.1, 0.15) is 5.56 Å². The van der Waals surface area contributed by atoms with Gasteiger partial charge in [-0.1, -0.05) is 0 Å². The first kappa shape index (κ1) is 13.5. The van der Waals surface area contributed by atoms with Gasteiger partial charge in [0.1, 0.15) is 0 Å². The van der Waals surface area contributed by atoms with Gasteiger partial charge in [-0.25, -0.2) is 9.59 Å². The van der Waals surface area contributed by atoms with Gasteiger partial charge in [0.05, 0.1) is 6.61 Å². The third-order valence-electron chi connectivity index (χ3n) is 1.97. The molecule has 2 amide bonds. The number of aliphatic carboxylic acids is 1. The molecule has 1 heterocycles. The fraction of sp³-hybridized carbons (Fsp3) is 0.400. The largest absolute Gasteiger partial charge is 0.480 e. The Hall–Kier alpha value is -1.60. The van der Waals surface area contributed by atoms with E-state index in [1.165, 1.54) is 18.4 Å². The first-order valence-corrected chi connectivity index (χ1v) is 5.85. The van der Waals surface area contributed by atoms with Gasteiger partial charge < -0.3 is 20.5 Å². The number of rotatable bonds is 6. The van der Waals surface area contributed by atoms with Crippen LogP contribution >= 0.6 is 11.3 Å². The van der Waals surface area contributed by atoms with E-state index in [2.05, 4.69) is 10.6 Å². The number of thiophene rings is 1. The molecular formula is C10H14N2O4S. The minimum atomic E-state index is -1.13. The molecule has 94 valence electrons. The van der Waals surface area contributed by atoms with Crippen LogP contribution in [-0.2, 0) is 16.1 Å². The Balaban J connectivity index is 2.34. The van der Waals surface area contributed by atoms with Crippen molar-refractivity contribution in [2.45, 2.75) is 12.6 Å². The summed E-state index contributed by atoms with van der Waals surface area (Å²) in [4.78, 5) is 22.1. The standard InChI is InChI=1S/C10H14N2O4S/c1-16-5-8(9(13)14)12-10(15)11-4-7-2-3-17-6-7/h2-3,6,8H,4-5H2,1H3,(H,13,14)(H2,11,12,15). The van der Waals surface area contributed by atoms with Crippen LogP contribution in [0.5, 0.6) is 0 Å². The number of hydrogen-bond acceptors (Lipinski definition) is 4. The Morgan fingerprint density at radius 1 is 1.59 bits per heavy atom. The molecule has 0 aromatic carbocycles. The average molecular weight is 258 g/mol. The number of nitrogens with one attached hydrogen (secondary N) is 2. The molecule has 0 fully saturated rings. The Bertz CT molecular complexity index is 366. The minimum absolute atomic E-state index is 0.0682. The second-order valence-corrected chi connectivity index (χ2v) is 4.08. The molecule has 3 N–H and O–H groups in total. The zero-order chi connectivity index (χ0) is 12.7. The van der Waals surface area contributed by atoms with Crippen LogP contribution in [0.15, 0.2) is 16.8 Å². The lowest BCUT2D eigenvalue weighted by atomic mass is 10.3. The van der Waals surface area contributed by atoms with Crippen molar-refractivity contribution in [3.63, 3.8) is 0 Å². The number of hydrogen-bond donors (Lipinski definition) is 3. The van der Waals surface area contributed by atoms with E-state index in [1.54, 1.807) is 0 Å². The summed E-state index contributed by atoms with van der Waals surface area (Å²) >= 11 is 1.53. The van der Waals surface area contributed by atoms with Gasteiger partial charge in [-0.2, -0.15) is 11.3 Å². The highest BCUT2D eigenvalue weighted by Crippen LogP contribution is 2.04. The molecule has 0 aliphatic carbocycles.